The van der Waals surface area contributed by atoms with E-state index in [0.717, 1.165) is 29.1 Å². The van der Waals surface area contributed by atoms with Crippen molar-refractivity contribution >= 4 is 23.1 Å². The second-order valence-corrected chi connectivity index (χ2v) is 6.54. The highest BCUT2D eigenvalue weighted by atomic mass is 16.5. The van der Waals surface area contributed by atoms with E-state index in [4.69, 9.17) is 4.74 Å². The van der Waals surface area contributed by atoms with Crippen molar-refractivity contribution in [2.24, 2.45) is 0 Å². The summed E-state index contributed by atoms with van der Waals surface area (Å²) < 4.78 is 5.79. The van der Waals surface area contributed by atoms with Gasteiger partial charge in [-0.3, -0.25) is 4.79 Å². The summed E-state index contributed by atoms with van der Waals surface area (Å²) in [4.78, 5) is 21.0. The molecule has 1 aromatic heterocycles. The summed E-state index contributed by atoms with van der Waals surface area (Å²) in [5, 5.41) is 6.08. The van der Waals surface area contributed by atoms with E-state index in [1.807, 2.05) is 69.3 Å². The van der Waals surface area contributed by atoms with Crippen LogP contribution in [0.5, 0.6) is 5.75 Å². The van der Waals surface area contributed by atoms with Crippen molar-refractivity contribution in [1.29, 1.82) is 0 Å². The van der Waals surface area contributed by atoms with Crippen LogP contribution in [0.2, 0.25) is 0 Å². The molecule has 0 atom stereocenters. The molecule has 0 saturated carbocycles. The zero-order chi connectivity index (χ0) is 19.9. The van der Waals surface area contributed by atoms with Crippen LogP contribution in [0, 0.1) is 0 Å². The van der Waals surface area contributed by atoms with Gasteiger partial charge >= 0.3 is 0 Å². The number of aryl methyl sites for hydroxylation is 1. The maximum atomic E-state index is 12.5. The number of aromatic nitrogens is 2. The molecule has 3 aromatic rings. The Hall–Kier alpha value is -3.41. The number of rotatable bonds is 7. The van der Waals surface area contributed by atoms with Gasteiger partial charge in [0, 0.05) is 5.69 Å². The molecule has 0 radical (unpaired) electrons. The molecule has 1 heterocycles. The maximum Gasteiger partial charge on any atom is 0.275 e. The molecule has 1 amide bonds. The first-order valence-electron chi connectivity index (χ1n) is 9.30. The highest BCUT2D eigenvalue weighted by molar-refractivity contribution is 6.03. The van der Waals surface area contributed by atoms with Gasteiger partial charge in [-0.1, -0.05) is 37.3 Å². The topological polar surface area (TPSA) is 76.1 Å². The first-order chi connectivity index (χ1) is 13.6. The number of ether oxygens (including phenoxy) is 1. The van der Waals surface area contributed by atoms with Crippen molar-refractivity contribution in [3.63, 3.8) is 0 Å². The SMILES string of the molecule is CCc1ccccc1NC(=O)c1cnc(Nc2ccccc2OC(C)C)cn1. The third-order valence-electron chi connectivity index (χ3n) is 4.04. The standard InChI is InChI=1S/C22H24N4O2/c1-4-16-9-5-6-10-17(16)26-22(27)19-13-24-21(14-23-19)25-18-11-7-8-12-20(18)28-15(2)3/h5-15H,4H2,1-3H3,(H,24,25)(H,26,27). The van der Waals surface area contributed by atoms with Crippen LogP contribution in [-0.4, -0.2) is 22.0 Å². The zero-order valence-corrected chi connectivity index (χ0v) is 16.3. The number of hydrogen-bond donors (Lipinski definition) is 2. The number of carbonyl (C=O) groups is 1. The van der Waals surface area contributed by atoms with Crippen molar-refractivity contribution in [3.05, 3.63) is 72.2 Å². The van der Waals surface area contributed by atoms with E-state index in [9.17, 15) is 4.79 Å². The number of para-hydroxylation sites is 3. The van der Waals surface area contributed by atoms with Crippen molar-refractivity contribution < 1.29 is 9.53 Å². The number of amides is 1. The predicted octanol–water partition coefficient (Wildman–Crippen LogP) is 4.82. The fourth-order valence-electron chi connectivity index (χ4n) is 2.71. The number of carbonyl (C=O) groups excluding carboxylic acids is 1. The molecule has 6 nitrogen and oxygen atoms in total. The van der Waals surface area contributed by atoms with Gasteiger partial charge in [-0.2, -0.15) is 0 Å². The van der Waals surface area contributed by atoms with Crippen LogP contribution in [0.4, 0.5) is 17.2 Å². The molecule has 2 aromatic carbocycles. The number of benzene rings is 2. The smallest absolute Gasteiger partial charge is 0.275 e. The quantitative estimate of drug-likeness (QED) is 0.618. The Morgan fingerprint density at radius 2 is 1.71 bits per heavy atom. The molecule has 0 spiro atoms. The van der Waals surface area contributed by atoms with E-state index in [1.165, 1.54) is 12.4 Å². The van der Waals surface area contributed by atoms with Crippen LogP contribution in [0.1, 0.15) is 36.8 Å². The van der Waals surface area contributed by atoms with E-state index < -0.39 is 0 Å². The van der Waals surface area contributed by atoms with Gasteiger partial charge in [0.1, 0.15) is 17.3 Å². The van der Waals surface area contributed by atoms with Crippen molar-refractivity contribution in [2.45, 2.75) is 33.3 Å². The van der Waals surface area contributed by atoms with Crippen LogP contribution >= 0.6 is 0 Å². The zero-order valence-electron chi connectivity index (χ0n) is 16.3. The number of nitrogens with zero attached hydrogens (tertiary/aromatic N) is 2. The minimum atomic E-state index is -0.288. The lowest BCUT2D eigenvalue weighted by Gasteiger charge is -2.15. The van der Waals surface area contributed by atoms with Gasteiger partial charge in [0.05, 0.1) is 24.2 Å². The second-order valence-electron chi connectivity index (χ2n) is 6.54. The first kappa shape index (κ1) is 19.4. The Morgan fingerprint density at radius 1 is 1.00 bits per heavy atom. The minimum absolute atomic E-state index is 0.0612. The summed E-state index contributed by atoms with van der Waals surface area (Å²) in [7, 11) is 0. The van der Waals surface area contributed by atoms with Gasteiger partial charge < -0.3 is 15.4 Å². The summed E-state index contributed by atoms with van der Waals surface area (Å²) in [6.45, 7) is 5.99. The fraction of sp³-hybridized carbons (Fsp3) is 0.227. The molecule has 0 saturated heterocycles. The van der Waals surface area contributed by atoms with Gasteiger partial charge in [-0.15, -0.1) is 0 Å². The van der Waals surface area contributed by atoms with Gasteiger partial charge in [0.2, 0.25) is 0 Å². The largest absolute Gasteiger partial charge is 0.489 e. The Kier molecular flexibility index (Phi) is 6.22. The van der Waals surface area contributed by atoms with Gasteiger partial charge in [0.15, 0.2) is 0 Å². The molecule has 6 heteroatoms. The Balaban J connectivity index is 1.71. The normalized spacial score (nSPS) is 10.6. The summed E-state index contributed by atoms with van der Waals surface area (Å²) in [5.41, 5.74) is 2.91. The summed E-state index contributed by atoms with van der Waals surface area (Å²) in [5.74, 6) is 0.978. The van der Waals surface area contributed by atoms with E-state index in [1.54, 1.807) is 0 Å². The van der Waals surface area contributed by atoms with E-state index in [-0.39, 0.29) is 17.7 Å². The van der Waals surface area contributed by atoms with E-state index in [0.29, 0.717) is 5.82 Å². The first-order valence-corrected chi connectivity index (χ1v) is 9.30. The van der Waals surface area contributed by atoms with Crippen molar-refractivity contribution in [2.75, 3.05) is 10.6 Å². The van der Waals surface area contributed by atoms with Crippen LogP contribution < -0.4 is 15.4 Å². The molecule has 2 N–H and O–H groups in total. The monoisotopic (exact) mass is 376 g/mol. The molecule has 0 bridgehead atoms. The van der Waals surface area contributed by atoms with E-state index in [2.05, 4.69) is 20.6 Å². The third-order valence-corrected chi connectivity index (χ3v) is 4.04. The molecular formula is C22H24N4O2. The number of hydrogen-bond acceptors (Lipinski definition) is 5. The number of nitrogens with one attached hydrogen (secondary N) is 2. The van der Waals surface area contributed by atoms with E-state index >= 15 is 0 Å². The van der Waals surface area contributed by atoms with Crippen molar-refractivity contribution in [3.8, 4) is 5.75 Å². The Bertz CT molecular complexity index is 939. The van der Waals surface area contributed by atoms with Gasteiger partial charge in [-0.05, 0) is 44.0 Å². The number of anilines is 3. The van der Waals surface area contributed by atoms with Gasteiger partial charge in [0.25, 0.3) is 5.91 Å². The molecule has 0 unspecified atom stereocenters. The second kappa shape index (κ2) is 8.99. The lowest BCUT2D eigenvalue weighted by Crippen LogP contribution is -2.15. The highest BCUT2D eigenvalue weighted by Gasteiger charge is 2.11. The Labute approximate surface area is 165 Å². The lowest BCUT2D eigenvalue weighted by atomic mass is 10.1. The molecule has 28 heavy (non-hydrogen) atoms. The average Bonchev–Trinajstić information content (AvgIpc) is 2.70. The molecule has 0 aliphatic heterocycles. The molecule has 0 fully saturated rings. The molecule has 0 aliphatic carbocycles. The summed E-state index contributed by atoms with van der Waals surface area (Å²) >= 11 is 0. The molecule has 3 rings (SSSR count). The molecular weight excluding hydrogens is 352 g/mol. The van der Waals surface area contributed by atoms with Crippen LogP contribution in [0.25, 0.3) is 0 Å². The summed E-state index contributed by atoms with van der Waals surface area (Å²) in [6.07, 6.45) is 3.89. The molecule has 144 valence electrons. The predicted molar refractivity (Wildman–Crippen MR) is 111 cm³/mol. The minimum Gasteiger partial charge on any atom is -0.489 e. The van der Waals surface area contributed by atoms with Crippen molar-refractivity contribution in [1.82, 2.24) is 9.97 Å². The summed E-state index contributed by atoms with van der Waals surface area (Å²) in [6, 6.07) is 15.3. The Morgan fingerprint density at radius 3 is 2.39 bits per heavy atom. The highest BCUT2D eigenvalue weighted by Crippen LogP contribution is 2.27. The maximum absolute atomic E-state index is 12.5. The van der Waals surface area contributed by atoms with Gasteiger partial charge in [-0.25, -0.2) is 9.97 Å². The molecule has 0 aliphatic rings. The van der Waals surface area contributed by atoms with Crippen LogP contribution in [0.3, 0.4) is 0 Å². The lowest BCUT2D eigenvalue weighted by molar-refractivity contribution is 0.102. The fourth-order valence-corrected chi connectivity index (χ4v) is 2.71. The van der Waals surface area contributed by atoms with Crippen LogP contribution in [-0.2, 0) is 6.42 Å². The van der Waals surface area contributed by atoms with Crippen LogP contribution in [0.15, 0.2) is 60.9 Å². The third kappa shape index (κ3) is 4.85. The average molecular weight is 376 g/mol.